The van der Waals surface area contributed by atoms with Gasteiger partial charge in [0, 0.05) is 43.3 Å². The Kier molecular flexibility index (Phi) is 11.0. The zero-order valence-corrected chi connectivity index (χ0v) is 23.3. The number of esters is 1. The van der Waals surface area contributed by atoms with Crippen LogP contribution in [-0.4, -0.2) is 66.5 Å². The van der Waals surface area contributed by atoms with Gasteiger partial charge < -0.3 is 30.0 Å². The lowest BCUT2D eigenvalue weighted by atomic mass is 9.71. The topological polar surface area (TPSA) is 173 Å². The SMILES string of the molecule is COC1C(C#N)NC(C)=C(C(=O)OCc2ccc(OCC(O)CNC(C)C)cc2)C1C1C=CC=C([N+](=O)[O-])C1=C=O. The number of methoxy groups -OCH3 is 1. The lowest BCUT2D eigenvalue weighted by Crippen LogP contribution is -2.52. The van der Waals surface area contributed by atoms with Crippen molar-refractivity contribution < 1.29 is 33.8 Å². The molecule has 218 valence electrons. The minimum Gasteiger partial charge on any atom is -0.491 e. The van der Waals surface area contributed by atoms with E-state index in [4.69, 9.17) is 14.2 Å². The summed E-state index contributed by atoms with van der Waals surface area (Å²) in [4.78, 5) is 36.3. The summed E-state index contributed by atoms with van der Waals surface area (Å²) in [5.74, 6) is -0.421. The Morgan fingerprint density at radius 3 is 2.59 bits per heavy atom. The molecule has 1 aliphatic heterocycles. The summed E-state index contributed by atoms with van der Waals surface area (Å²) in [6, 6.07) is 8.27. The van der Waals surface area contributed by atoms with Crippen LogP contribution in [0.25, 0.3) is 0 Å². The van der Waals surface area contributed by atoms with Crippen LogP contribution in [0.15, 0.2) is 65.0 Å². The third-order valence-electron chi connectivity index (χ3n) is 6.80. The highest BCUT2D eigenvalue weighted by Crippen LogP contribution is 2.41. The fraction of sp³-hybridized carbons (Fsp3) is 0.448. The van der Waals surface area contributed by atoms with Gasteiger partial charge in [-0.2, -0.15) is 5.26 Å². The normalized spacial score (nSPS) is 22.8. The molecular formula is C29H34N4O8. The second-order valence-electron chi connectivity index (χ2n) is 10.00. The Morgan fingerprint density at radius 1 is 1.29 bits per heavy atom. The molecule has 0 saturated carbocycles. The number of allylic oxidation sites excluding steroid dienone is 5. The maximum atomic E-state index is 13.5. The van der Waals surface area contributed by atoms with Crippen LogP contribution in [0.4, 0.5) is 0 Å². The third-order valence-corrected chi connectivity index (χ3v) is 6.80. The number of nitriles is 1. The van der Waals surface area contributed by atoms with E-state index in [0.29, 0.717) is 23.6 Å². The Hall–Kier alpha value is -4.27. The summed E-state index contributed by atoms with van der Waals surface area (Å²) in [6.45, 7) is 5.98. The van der Waals surface area contributed by atoms with Gasteiger partial charge in [-0.3, -0.25) is 10.1 Å². The monoisotopic (exact) mass is 566 g/mol. The van der Waals surface area contributed by atoms with E-state index in [1.165, 1.54) is 19.3 Å². The lowest BCUT2D eigenvalue weighted by molar-refractivity contribution is -0.421. The molecule has 12 nitrogen and oxygen atoms in total. The molecule has 5 atom stereocenters. The van der Waals surface area contributed by atoms with E-state index < -0.39 is 46.7 Å². The lowest BCUT2D eigenvalue weighted by Gasteiger charge is -2.40. The quantitative estimate of drug-likeness (QED) is 0.146. The Morgan fingerprint density at radius 2 is 2.00 bits per heavy atom. The number of benzene rings is 1. The molecule has 3 rings (SSSR count). The van der Waals surface area contributed by atoms with Crippen molar-refractivity contribution in [2.24, 2.45) is 11.8 Å². The fourth-order valence-corrected chi connectivity index (χ4v) is 4.81. The third kappa shape index (κ3) is 7.68. The highest BCUT2D eigenvalue weighted by Gasteiger charge is 2.48. The first-order chi connectivity index (χ1) is 19.6. The first-order valence-corrected chi connectivity index (χ1v) is 13.1. The molecule has 41 heavy (non-hydrogen) atoms. The minimum absolute atomic E-state index is 0.0974. The molecule has 3 N–H and O–H groups in total. The molecular weight excluding hydrogens is 532 g/mol. The van der Waals surface area contributed by atoms with E-state index in [9.17, 15) is 30.1 Å². The average molecular weight is 567 g/mol. The van der Waals surface area contributed by atoms with Crippen LogP contribution < -0.4 is 15.4 Å². The highest BCUT2D eigenvalue weighted by atomic mass is 16.6. The summed E-state index contributed by atoms with van der Waals surface area (Å²) >= 11 is 0. The standard InChI is InChI=1S/C29H34N4O8/c1-17(2)31-13-20(35)16-40-21-10-8-19(9-11-21)15-41-29(36)26-18(3)32-24(12-30)28(39-4)27(26)22-6-5-7-25(33(37)38)23(22)14-34/h5-11,17,20,22,24,27-28,31-32,35H,13,15-16H2,1-4H3. The van der Waals surface area contributed by atoms with Crippen LogP contribution in [0.5, 0.6) is 5.75 Å². The van der Waals surface area contributed by atoms with Gasteiger partial charge in [0.25, 0.3) is 5.70 Å². The maximum Gasteiger partial charge on any atom is 0.336 e. The van der Waals surface area contributed by atoms with Crippen molar-refractivity contribution in [2.75, 3.05) is 20.3 Å². The Balaban J connectivity index is 1.77. The maximum absolute atomic E-state index is 13.5. The Bertz CT molecular complexity index is 1300. The van der Waals surface area contributed by atoms with Crippen LogP contribution in [0.2, 0.25) is 0 Å². The number of nitro groups is 1. The molecule has 1 aromatic carbocycles. The van der Waals surface area contributed by atoms with Gasteiger partial charge in [0.1, 0.15) is 42.6 Å². The van der Waals surface area contributed by atoms with Crippen LogP contribution >= 0.6 is 0 Å². The zero-order chi connectivity index (χ0) is 30.1. The van der Waals surface area contributed by atoms with Crippen LogP contribution in [0.1, 0.15) is 26.3 Å². The van der Waals surface area contributed by atoms with Gasteiger partial charge in [0.05, 0.1) is 22.7 Å². The predicted octanol–water partition coefficient (Wildman–Crippen LogP) is 1.97. The second-order valence-corrected chi connectivity index (χ2v) is 10.00. The van der Waals surface area contributed by atoms with Gasteiger partial charge in [0.2, 0.25) is 0 Å². The minimum atomic E-state index is -0.958. The molecule has 1 aliphatic carbocycles. The van der Waals surface area contributed by atoms with Gasteiger partial charge in [-0.1, -0.05) is 38.1 Å². The van der Waals surface area contributed by atoms with Crippen molar-refractivity contribution >= 4 is 11.9 Å². The van der Waals surface area contributed by atoms with E-state index >= 15 is 0 Å². The molecule has 12 heteroatoms. The molecule has 0 radical (unpaired) electrons. The number of hydrogen-bond donors (Lipinski definition) is 3. The van der Waals surface area contributed by atoms with Crippen molar-refractivity contribution in [1.82, 2.24) is 10.6 Å². The van der Waals surface area contributed by atoms with Crippen molar-refractivity contribution in [3.05, 3.63) is 80.7 Å². The fourth-order valence-electron chi connectivity index (χ4n) is 4.81. The van der Waals surface area contributed by atoms with Gasteiger partial charge in [-0.25, -0.2) is 9.59 Å². The first kappa shape index (κ1) is 31.3. The number of rotatable bonds is 12. The van der Waals surface area contributed by atoms with Crippen molar-refractivity contribution in [3.8, 4) is 11.8 Å². The second kappa shape index (κ2) is 14.4. The number of carbonyl (C=O) groups is 1. The largest absolute Gasteiger partial charge is 0.491 e. The van der Waals surface area contributed by atoms with Crippen molar-refractivity contribution in [2.45, 2.75) is 51.7 Å². The van der Waals surface area contributed by atoms with E-state index in [-0.39, 0.29) is 30.4 Å². The zero-order valence-electron chi connectivity index (χ0n) is 23.3. The van der Waals surface area contributed by atoms with Gasteiger partial charge in [-0.15, -0.1) is 0 Å². The molecule has 0 aromatic heterocycles. The van der Waals surface area contributed by atoms with Gasteiger partial charge in [-0.05, 0) is 24.6 Å². The van der Waals surface area contributed by atoms with Crippen LogP contribution in [0.3, 0.4) is 0 Å². The molecule has 1 aromatic rings. The molecule has 2 aliphatic rings. The summed E-state index contributed by atoms with van der Waals surface area (Å²) in [5.41, 5.74) is 0.422. The van der Waals surface area contributed by atoms with Gasteiger partial charge >= 0.3 is 5.97 Å². The van der Waals surface area contributed by atoms with E-state index in [0.717, 1.165) is 0 Å². The summed E-state index contributed by atoms with van der Waals surface area (Å²) in [6.07, 6.45) is 2.57. The first-order valence-electron chi connectivity index (χ1n) is 13.1. The number of ether oxygens (including phenoxy) is 3. The van der Waals surface area contributed by atoms with E-state index in [1.807, 2.05) is 13.8 Å². The molecule has 0 fully saturated rings. The molecule has 0 amide bonds. The number of nitrogens with one attached hydrogen (secondary N) is 2. The van der Waals surface area contributed by atoms with Crippen LogP contribution in [-0.2, 0) is 25.7 Å². The van der Waals surface area contributed by atoms with Gasteiger partial charge in [0.15, 0.2) is 0 Å². The van der Waals surface area contributed by atoms with E-state index in [1.54, 1.807) is 43.2 Å². The number of aliphatic hydroxyl groups excluding tert-OH is 1. The highest BCUT2D eigenvalue weighted by molar-refractivity contribution is 5.91. The van der Waals surface area contributed by atoms with E-state index in [2.05, 4.69) is 16.7 Å². The summed E-state index contributed by atoms with van der Waals surface area (Å²) in [7, 11) is 1.36. The van der Waals surface area contributed by atoms with Crippen molar-refractivity contribution in [3.63, 3.8) is 0 Å². The number of nitrogens with zero attached hydrogens (tertiary/aromatic N) is 2. The molecule has 1 heterocycles. The van der Waals surface area contributed by atoms with Crippen molar-refractivity contribution in [1.29, 1.82) is 5.26 Å². The number of hydrogen-bond acceptors (Lipinski definition) is 11. The summed E-state index contributed by atoms with van der Waals surface area (Å²) < 4.78 is 16.8. The predicted molar refractivity (Wildman–Crippen MR) is 147 cm³/mol. The number of aliphatic hydroxyl groups is 1. The molecule has 5 unspecified atom stereocenters. The molecule has 0 saturated heterocycles. The Labute approximate surface area is 238 Å². The number of carbonyl (C=O) groups excluding carboxylic acids is 2. The van der Waals surface area contributed by atoms with Crippen LogP contribution in [0, 0.1) is 33.3 Å². The summed E-state index contributed by atoms with van der Waals surface area (Å²) in [5, 5.41) is 37.4. The average Bonchev–Trinajstić information content (AvgIpc) is 2.96. The molecule has 0 bridgehead atoms. The smallest absolute Gasteiger partial charge is 0.336 e. The molecule has 0 spiro atoms.